The molecule has 1 heterocycles. The van der Waals surface area contributed by atoms with E-state index in [0.29, 0.717) is 0 Å². The molecule has 0 spiro atoms. The molecule has 128 valence electrons. The van der Waals surface area contributed by atoms with Crippen molar-refractivity contribution in [1.29, 1.82) is 0 Å². The third kappa shape index (κ3) is 4.68. The Morgan fingerprint density at radius 1 is 1.38 bits per heavy atom. The normalized spacial score (nSPS) is 14.0. The summed E-state index contributed by atoms with van der Waals surface area (Å²) in [5, 5.41) is 2.19. The van der Waals surface area contributed by atoms with Gasteiger partial charge in [-0.25, -0.2) is 9.18 Å². The van der Waals surface area contributed by atoms with Gasteiger partial charge in [-0.3, -0.25) is 19.3 Å². The smallest absolute Gasteiger partial charge is 0.341 e. The van der Waals surface area contributed by atoms with Crippen LogP contribution in [0.2, 0.25) is 5.02 Å². The number of halogens is 2. The van der Waals surface area contributed by atoms with Gasteiger partial charge in [0.1, 0.15) is 5.82 Å². The molecule has 0 unspecified atom stereocenters. The fraction of sp³-hybridized carbons (Fsp3) is 0.286. The Morgan fingerprint density at radius 2 is 2.12 bits per heavy atom. The van der Waals surface area contributed by atoms with Crippen molar-refractivity contribution in [2.45, 2.75) is 0 Å². The SMILES string of the molecule is O=C(COC(=O)c1cc(Cl)ccc1F)NCCN1C(=O)CSC1=O. The lowest BCUT2D eigenvalue weighted by atomic mass is 10.2. The maximum atomic E-state index is 13.5. The number of imide groups is 1. The molecule has 0 radical (unpaired) electrons. The minimum absolute atomic E-state index is 0.0277. The number of nitrogens with zero attached hydrogens (tertiary/aromatic N) is 1. The van der Waals surface area contributed by atoms with Gasteiger partial charge in [0, 0.05) is 18.1 Å². The van der Waals surface area contributed by atoms with E-state index >= 15 is 0 Å². The Bertz CT molecular complexity index is 684. The molecule has 1 aromatic rings. The van der Waals surface area contributed by atoms with Crippen LogP contribution in [0.25, 0.3) is 0 Å². The van der Waals surface area contributed by atoms with Crippen LogP contribution in [-0.2, 0) is 14.3 Å². The van der Waals surface area contributed by atoms with Crippen LogP contribution in [0.5, 0.6) is 0 Å². The van der Waals surface area contributed by atoms with Crippen LogP contribution in [0.4, 0.5) is 9.18 Å². The van der Waals surface area contributed by atoms with Crippen molar-refractivity contribution in [3.63, 3.8) is 0 Å². The zero-order valence-electron chi connectivity index (χ0n) is 12.2. The van der Waals surface area contributed by atoms with Gasteiger partial charge >= 0.3 is 5.97 Å². The molecule has 0 aliphatic carbocycles. The average molecular weight is 375 g/mol. The maximum Gasteiger partial charge on any atom is 0.341 e. The molecule has 2 rings (SSSR count). The molecule has 1 saturated heterocycles. The topological polar surface area (TPSA) is 92.8 Å². The summed E-state index contributed by atoms with van der Waals surface area (Å²) in [6, 6.07) is 3.39. The fourth-order valence-electron chi connectivity index (χ4n) is 1.82. The Hall–Kier alpha value is -2.13. The van der Waals surface area contributed by atoms with E-state index in [-0.39, 0.29) is 40.6 Å². The van der Waals surface area contributed by atoms with Gasteiger partial charge in [-0.05, 0) is 18.2 Å². The van der Waals surface area contributed by atoms with Gasteiger partial charge in [-0.1, -0.05) is 23.4 Å². The van der Waals surface area contributed by atoms with Crippen molar-refractivity contribution in [2.24, 2.45) is 0 Å². The number of hydrogen-bond donors (Lipinski definition) is 1. The molecule has 7 nitrogen and oxygen atoms in total. The Kier molecular flexibility index (Phi) is 6.16. The average Bonchev–Trinajstić information content (AvgIpc) is 2.86. The summed E-state index contributed by atoms with van der Waals surface area (Å²) in [5.41, 5.74) is -0.374. The standard InChI is InChI=1S/C14H12ClFN2O5S/c15-8-1-2-10(16)9(5-8)13(21)23-6-11(19)17-3-4-18-12(20)7-24-14(18)22/h1-2,5H,3-4,6-7H2,(H,17,19). The summed E-state index contributed by atoms with van der Waals surface area (Å²) in [7, 11) is 0. The van der Waals surface area contributed by atoms with E-state index in [0.717, 1.165) is 28.8 Å². The van der Waals surface area contributed by atoms with Crippen LogP contribution < -0.4 is 5.32 Å². The molecule has 0 bridgehead atoms. The van der Waals surface area contributed by atoms with Crippen molar-refractivity contribution in [1.82, 2.24) is 10.2 Å². The molecule has 1 aliphatic rings. The molecular weight excluding hydrogens is 363 g/mol. The fourth-order valence-corrected chi connectivity index (χ4v) is 2.74. The van der Waals surface area contributed by atoms with Gasteiger partial charge < -0.3 is 10.1 Å². The lowest BCUT2D eigenvalue weighted by molar-refractivity contribution is -0.126. The molecule has 24 heavy (non-hydrogen) atoms. The van der Waals surface area contributed by atoms with E-state index < -0.39 is 24.3 Å². The highest BCUT2D eigenvalue weighted by Crippen LogP contribution is 2.18. The summed E-state index contributed by atoms with van der Waals surface area (Å²) in [6.07, 6.45) is 0. The van der Waals surface area contributed by atoms with Crippen molar-refractivity contribution >= 4 is 46.4 Å². The van der Waals surface area contributed by atoms with Crippen molar-refractivity contribution in [3.8, 4) is 0 Å². The Labute approximate surface area is 145 Å². The largest absolute Gasteiger partial charge is 0.452 e. The summed E-state index contributed by atoms with van der Waals surface area (Å²) in [5.74, 6) is -2.70. The first-order chi connectivity index (χ1) is 11.4. The van der Waals surface area contributed by atoms with Gasteiger partial charge in [-0.15, -0.1) is 0 Å². The van der Waals surface area contributed by atoms with Gasteiger partial charge in [0.25, 0.3) is 11.1 Å². The lowest BCUT2D eigenvalue weighted by Crippen LogP contribution is -2.38. The van der Waals surface area contributed by atoms with E-state index in [1.165, 1.54) is 6.07 Å². The quantitative estimate of drug-likeness (QED) is 0.757. The van der Waals surface area contributed by atoms with Gasteiger partial charge in [-0.2, -0.15) is 0 Å². The second kappa shape index (κ2) is 8.11. The molecule has 0 saturated carbocycles. The monoisotopic (exact) mass is 374 g/mol. The van der Waals surface area contributed by atoms with Crippen LogP contribution in [0.15, 0.2) is 18.2 Å². The Morgan fingerprint density at radius 3 is 2.79 bits per heavy atom. The number of thioether (sulfide) groups is 1. The minimum Gasteiger partial charge on any atom is -0.452 e. The molecule has 3 amide bonds. The zero-order chi connectivity index (χ0) is 17.7. The Balaban J connectivity index is 1.75. The van der Waals surface area contributed by atoms with E-state index in [9.17, 15) is 23.6 Å². The number of ether oxygens (including phenoxy) is 1. The number of rotatable bonds is 6. The molecule has 1 N–H and O–H groups in total. The molecule has 10 heteroatoms. The second-order valence-corrected chi connectivity index (χ2v) is 6.01. The zero-order valence-corrected chi connectivity index (χ0v) is 13.8. The van der Waals surface area contributed by atoms with Gasteiger partial charge in [0.05, 0.1) is 11.3 Å². The molecule has 1 aliphatic heterocycles. The van der Waals surface area contributed by atoms with E-state index in [4.69, 9.17) is 11.6 Å². The number of benzene rings is 1. The number of amides is 3. The van der Waals surface area contributed by atoms with Crippen LogP contribution in [0, 0.1) is 5.82 Å². The van der Waals surface area contributed by atoms with Crippen LogP contribution in [-0.4, -0.2) is 53.4 Å². The highest BCUT2D eigenvalue weighted by atomic mass is 35.5. The van der Waals surface area contributed by atoms with Crippen LogP contribution >= 0.6 is 23.4 Å². The lowest BCUT2D eigenvalue weighted by Gasteiger charge is -2.13. The first-order valence-electron chi connectivity index (χ1n) is 6.74. The third-order valence-electron chi connectivity index (χ3n) is 2.98. The number of nitrogens with one attached hydrogen (secondary N) is 1. The predicted octanol–water partition coefficient (Wildman–Crippen LogP) is 1.45. The van der Waals surface area contributed by atoms with Crippen molar-refractivity contribution in [2.75, 3.05) is 25.4 Å². The number of carbonyl (C=O) groups is 4. The molecule has 1 aromatic carbocycles. The van der Waals surface area contributed by atoms with Crippen molar-refractivity contribution in [3.05, 3.63) is 34.6 Å². The first kappa shape index (κ1) is 18.2. The van der Waals surface area contributed by atoms with Gasteiger partial charge in [0.2, 0.25) is 5.91 Å². The molecule has 0 atom stereocenters. The van der Waals surface area contributed by atoms with Crippen LogP contribution in [0.3, 0.4) is 0 Å². The summed E-state index contributed by atoms with van der Waals surface area (Å²) < 4.78 is 18.2. The van der Waals surface area contributed by atoms with E-state index in [2.05, 4.69) is 10.1 Å². The molecular formula is C14H12ClFN2O5S. The number of carbonyl (C=O) groups excluding carboxylic acids is 4. The number of esters is 1. The summed E-state index contributed by atoms with van der Waals surface area (Å²) in [6.45, 7) is -0.561. The first-order valence-corrected chi connectivity index (χ1v) is 8.11. The summed E-state index contributed by atoms with van der Waals surface area (Å²) >= 11 is 6.56. The maximum absolute atomic E-state index is 13.5. The number of hydrogen-bond acceptors (Lipinski definition) is 6. The minimum atomic E-state index is -1.02. The van der Waals surface area contributed by atoms with Gasteiger partial charge in [0.15, 0.2) is 6.61 Å². The highest BCUT2D eigenvalue weighted by molar-refractivity contribution is 8.14. The third-order valence-corrected chi connectivity index (χ3v) is 4.07. The predicted molar refractivity (Wildman–Crippen MR) is 84.3 cm³/mol. The highest BCUT2D eigenvalue weighted by Gasteiger charge is 2.29. The summed E-state index contributed by atoms with van der Waals surface area (Å²) in [4.78, 5) is 47.0. The van der Waals surface area contributed by atoms with E-state index in [1.807, 2.05) is 0 Å². The van der Waals surface area contributed by atoms with Crippen LogP contribution in [0.1, 0.15) is 10.4 Å². The van der Waals surface area contributed by atoms with Crippen molar-refractivity contribution < 1.29 is 28.3 Å². The van der Waals surface area contributed by atoms with E-state index in [1.54, 1.807) is 0 Å². The molecule has 1 fully saturated rings. The second-order valence-electron chi connectivity index (χ2n) is 4.65. The molecule has 0 aromatic heterocycles.